The van der Waals surface area contributed by atoms with E-state index in [4.69, 9.17) is 9.47 Å². The van der Waals surface area contributed by atoms with Crippen molar-refractivity contribution in [2.45, 2.75) is 48.0 Å². The number of pyridine rings is 1. The van der Waals surface area contributed by atoms with E-state index in [1.165, 1.54) is 18.2 Å². The number of aromatic carboxylic acids is 1. The van der Waals surface area contributed by atoms with Gasteiger partial charge in [0.2, 0.25) is 0 Å². The fraction of sp³-hybridized carbons (Fsp3) is 0.321. The molecule has 3 aromatic rings. The molecule has 2 heterocycles. The number of hydrogen-bond acceptors (Lipinski definition) is 7. The molecule has 1 aromatic heterocycles. The first-order valence-corrected chi connectivity index (χ1v) is 14.0. The Morgan fingerprint density at radius 3 is 2.34 bits per heavy atom. The van der Waals surface area contributed by atoms with Gasteiger partial charge in [-0.15, -0.1) is 0 Å². The highest BCUT2D eigenvalue weighted by atomic mass is 32.2. The minimum atomic E-state index is -3.34. The first kappa shape index (κ1) is 26.0. The van der Waals surface area contributed by atoms with Crippen molar-refractivity contribution in [1.82, 2.24) is 4.98 Å². The van der Waals surface area contributed by atoms with Crippen LogP contribution in [0.4, 0.5) is 5.82 Å². The van der Waals surface area contributed by atoms with Crippen molar-refractivity contribution < 1.29 is 32.6 Å². The molecular formula is C28H28N2O7S. The molecule has 9 nitrogen and oxygen atoms in total. The molecule has 0 spiro atoms. The minimum Gasteiger partial charge on any atom is -0.478 e. The number of rotatable bonds is 9. The molecule has 1 saturated heterocycles. The normalized spacial score (nSPS) is 17.1. The van der Waals surface area contributed by atoms with Gasteiger partial charge in [-0.3, -0.25) is 4.79 Å². The van der Waals surface area contributed by atoms with Crippen molar-refractivity contribution in [2.75, 3.05) is 18.5 Å². The summed E-state index contributed by atoms with van der Waals surface area (Å²) in [6.07, 6.45) is 3.08. The maximum absolute atomic E-state index is 13.4. The number of carbonyl (C=O) groups is 2. The molecule has 2 N–H and O–H groups in total. The number of aromatic nitrogens is 1. The van der Waals surface area contributed by atoms with E-state index in [1.807, 2.05) is 0 Å². The Bertz CT molecular complexity index is 1410. The number of nitrogens with zero attached hydrogens (tertiary/aromatic N) is 1. The zero-order chi connectivity index (χ0) is 26.7. The van der Waals surface area contributed by atoms with Gasteiger partial charge in [0.15, 0.2) is 15.9 Å². The average molecular weight is 537 g/mol. The van der Waals surface area contributed by atoms with Gasteiger partial charge < -0.3 is 19.9 Å². The van der Waals surface area contributed by atoms with E-state index in [0.717, 1.165) is 0 Å². The number of ether oxygens (including phenoxy) is 2. The van der Waals surface area contributed by atoms with E-state index in [-0.39, 0.29) is 21.8 Å². The highest BCUT2D eigenvalue weighted by molar-refractivity contribution is 7.92. The lowest BCUT2D eigenvalue weighted by atomic mass is 10.0. The van der Waals surface area contributed by atoms with Gasteiger partial charge in [-0.25, -0.2) is 18.2 Å². The molecule has 10 heteroatoms. The maximum Gasteiger partial charge on any atom is 0.335 e. The van der Waals surface area contributed by atoms with Crippen molar-refractivity contribution in [3.8, 4) is 11.1 Å². The van der Waals surface area contributed by atoms with E-state index in [9.17, 15) is 23.1 Å². The number of carboxylic acids is 1. The number of carboxylic acid groups (broad SMARTS) is 1. The van der Waals surface area contributed by atoms with Gasteiger partial charge in [0.05, 0.1) is 21.8 Å². The molecule has 2 aromatic carbocycles. The smallest absolute Gasteiger partial charge is 0.335 e. The summed E-state index contributed by atoms with van der Waals surface area (Å²) in [7, 11) is -3.34. The van der Waals surface area contributed by atoms with Gasteiger partial charge >= 0.3 is 5.97 Å². The summed E-state index contributed by atoms with van der Waals surface area (Å²) in [5.41, 5.74) is 2.11. The minimum absolute atomic E-state index is 0.170. The predicted octanol–water partition coefficient (Wildman–Crippen LogP) is 4.26. The lowest BCUT2D eigenvalue weighted by Crippen LogP contribution is -2.31. The summed E-state index contributed by atoms with van der Waals surface area (Å²) < 4.78 is 36.8. The van der Waals surface area contributed by atoms with Crippen LogP contribution in [0.1, 0.15) is 47.7 Å². The Morgan fingerprint density at radius 1 is 0.974 bits per heavy atom. The summed E-state index contributed by atoms with van der Waals surface area (Å²) in [5.74, 6) is -1.14. The molecule has 0 bridgehead atoms. The van der Waals surface area contributed by atoms with Crippen LogP contribution in [-0.4, -0.2) is 55.0 Å². The summed E-state index contributed by atoms with van der Waals surface area (Å²) in [6.45, 7) is 1.09. The summed E-state index contributed by atoms with van der Waals surface area (Å²) in [4.78, 5) is 29.2. The highest BCUT2D eigenvalue weighted by Gasteiger charge is 2.37. The Balaban J connectivity index is 1.34. The second kappa shape index (κ2) is 11.0. The number of carbonyl (C=O) groups excluding carboxylic acids is 1. The summed E-state index contributed by atoms with van der Waals surface area (Å²) >= 11 is 0. The average Bonchev–Trinajstić information content (AvgIpc) is 3.79. The van der Waals surface area contributed by atoms with Crippen LogP contribution in [0.3, 0.4) is 0 Å². The Morgan fingerprint density at radius 2 is 1.71 bits per heavy atom. The van der Waals surface area contributed by atoms with Crippen molar-refractivity contribution in [3.63, 3.8) is 0 Å². The topological polar surface area (TPSA) is 132 Å². The zero-order valence-corrected chi connectivity index (χ0v) is 21.4. The molecule has 0 radical (unpaired) electrons. The van der Waals surface area contributed by atoms with Crippen LogP contribution >= 0.6 is 0 Å². The molecule has 5 rings (SSSR count). The second-order valence-electron chi connectivity index (χ2n) is 9.45. The first-order valence-electron chi connectivity index (χ1n) is 12.5. The van der Waals surface area contributed by atoms with E-state index in [1.54, 1.807) is 48.7 Å². The molecule has 1 aliphatic carbocycles. The number of hydrogen-bond donors (Lipinski definition) is 2. The third kappa shape index (κ3) is 5.93. The van der Waals surface area contributed by atoms with Crippen LogP contribution < -0.4 is 5.32 Å². The van der Waals surface area contributed by atoms with Crippen LogP contribution in [0, 0.1) is 0 Å². The van der Waals surface area contributed by atoms with Crippen LogP contribution in [0.25, 0.3) is 11.1 Å². The largest absolute Gasteiger partial charge is 0.478 e. The maximum atomic E-state index is 13.4. The van der Waals surface area contributed by atoms with E-state index in [0.29, 0.717) is 61.4 Å². The van der Waals surface area contributed by atoms with Crippen LogP contribution in [-0.2, 0) is 24.1 Å². The fourth-order valence-corrected chi connectivity index (χ4v) is 6.02. The summed E-state index contributed by atoms with van der Waals surface area (Å²) in [5, 5.41) is 11.7. The molecule has 1 atom stereocenters. The highest BCUT2D eigenvalue weighted by Crippen LogP contribution is 2.34. The van der Waals surface area contributed by atoms with Crippen molar-refractivity contribution in [1.29, 1.82) is 0 Å². The predicted molar refractivity (Wildman–Crippen MR) is 140 cm³/mol. The molecule has 2 aliphatic rings. The third-order valence-electron chi connectivity index (χ3n) is 6.67. The molecule has 38 heavy (non-hydrogen) atoms. The quantitative estimate of drug-likeness (QED) is 0.415. The van der Waals surface area contributed by atoms with Crippen LogP contribution in [0.5, 0.6) is 0 Å². The van der Waals surface area contributed by atoms with Gasteiger partial charge in [-0.1, -0.05) is 24.3 Å². The van der Waals surface area contributed by atoms with Crippen molar-refractivity contribution >= 4 is 27.5 Å². The molecule has 1 unspecified atom stereocenters. The lowest BCUT2D eigenvalue weighted by molar-refractivity contribution is -0.136. The third-order valence-corrected chi connectivity index (χ3v) is 8.95. The van der Waals surface area contributed by atoms with E-state index >= 15 is 0 Å². The van der Waals surface area contributed by atoms with E-state index in [2.05, 4.69) is 10.3 Å². The molecule has 1 amide bonds. The lowest BCUT2D eigenvalue weighted by Gasteiger charge is -2.27. The number of amides is 1. The standard InChI is InChI=1S/C28H28N2O7S/c31-27(30-25-11-6-21(17-29-25)19-2-1-3-20(16-19)28(32)33)26(37-22-12-14-36-15-13-22)18-4-7-23(8-5-18)38(34,35)24-9-10-24/h1-8,11,16-17,22,24,26H,9-10,12-15H2,(H,32,33)(H,29,30,31). The van der Waals surface area contributed by atoms with Gasteiger partial charge in [-0.05, 0) is 73.2 Å². The molecule has 198 valence electrons. The van der Waals surface area contributed by atoms with Gasteiger partial charge in [0.25, 0.3) is 5.91 Å². The van der Waals surface area contributed by atoms with Gasteiger partial charge in [0, 0.05) is 25.0 Å². The van der Waals surface area contributed by atoms with Gasteiger partial charge in [-0.2, -0.15) is 0 Å². The molecular weight excluding hydrogens is 508 g/mol. The Kier molecular flexibility index (Phi) is 7.55. The molecule has 2 fully saturated rings. The molecule has 1 saturated carbocycles. The summed E-state index contributed by atoms with van der Waals surface area (Å²) in [6, 6.07) is 16.2. The monoisotopic (exact) mass is 536 g/mol. The Labute approximate surface area is 220 Å². The number of sulfone groups is 1. The number of anilines is 1. The number of benzene rings is 2. The molecule has 1 aliphatic heterocycles. The fourth-order valence-electron chi connectivity index (χ4n) is 4.36. The van der Waals surface area contributed by atoms with Crippen molar-refractivity contribution in [3.05, 3.63) is 78.0 Å². The van der Waals surface area contributed by atoms with Crippen molar-refractivity contribution in [2.24, 2.45) is 0 Å². The SMILES string of the molecule is O=C(O)c1cccc(-c2ccc(NC(=O)C(OC3CCOCC3)c3ccc(S(=O)(=O)C4CC4)cc3)nc2)c1. The van der Waals surface area contributed by atoms with E-state index < -0.39 is 27.8 Å². The Hall–Kier alpha value is -3.60. The van der Waals surface area contributed by atoms with Gasteiger partial charge in [0.1, 0.15) is 5.82 Å². The van der Waals surface area contributed by atoms with Crippen LogP contribution in [0.2, 0.25) is 0 Å². The first-order chi connectivity index (χ1) is 18.3. The number of nitrogens with one attached hydrogen (secondary N) is 1. The zero-order valence-electron chi connectivity index (χ0n) is 20.6. The van der Waals surface area contributed by atoms with Crippen LogP contribution in [0.15, 0.2) is 71.8 Å². The second-order valence-corrected chi connectivity index (χ2v) is 11.7.